The van der Waals surface area contributed by atoms with E-state index in [0.29, 0.717) is 12.0 Å². The van der Waals surface area contributed by atoms with Crippen molar-refractivity contribution in [3.05, 3.63) is 35.9 Å². The van der Waals surface area contributed by atoms with E-state index < -0.39 is 0 Å². The van der Waals surface area contributed by atoms with Gasteiger partial charge in [-0.05, 0) is 6.42 Å². The Morgan fingerprint density at radius 3 is 2.17 bits per heavy atom. The van der Waals surface area contributed by atoms with Crippen LogP contribution >= 0.6 is 0 Å². The minimum absolute atomic E-state index is 0.253. The highest BCUT2D eigenvalue weighted by Crippen LogP contribution is 2.09. The monoisotopic (exact) mass is 246 g/mol. The van der Waals surface area contributed by atoms with E-state index >= 15 is 0 Å². The van der Waals surface area contributed by atoms with Crippen LogP contribution in [0, 0.1) is 0 Å². The Kier molecular flexibility index (Phi) is 7.00. The minimum Gasteiger partial charge on any atom is -0.290 e. The van der Waals surface area contributed by atoms with Crippen LogP contribution in [0.2, 0.25) is 0 Å². The highest BCUT2D eigenvalue weighted by molar-refractivity contribution is 6.43. The van der Waals surface area contributed by atoms with E-state index in [-0.39, 0.29) is 11.6 Å². The number of hydrogen-bond acceptors (Lipinski definition) is 2. The quantitative estimate of drug-likeness (QED) is 0.372. The molecule has 0 atom stereocenters. The second-order valence-corrected chi connectivity index (χ2v) is 4.64. The van der Waals surface area contributed by atoms with Crippen LogP contribution in [-0.2, 0) is 4.79 Å². The van der Waals surface area contributed by atoms with Crippen molar-refractivity contribution in [3.63, 3.8) is 0 Å². The van der Waals surface area contributed by atoms with Crippen molar-refractivity contribution in [2.24, 2.45) is 0 Å². The molecule has 0 saturated heterocycles. The average Bonchev–Trinajstić information content (AvgIpc) is 2.42. The minimum atomic E-state index is -0.343. The second kappa shape index (κ2) is 8.62. The molecule has 0 radical (unpaired) electrons. The molecular weight excluding hydrogens is 224 g/mol. The molecule has 1 rings (SSSR count). The van der Waals surface area contributed by atoms with Gasteiger partial charge in [-0.1, -0.05) is 69.4 Å². The van der Waals surface area contributed by atoms with Crippen LogP contribution in [-0.4, -0.2) is 11.6 Å². The van der Waals surface area contributed by atoms with Crippen molar-refractivity contribution in [2.45, 2.75) is 51.9 Å². The number of carbonyl (C=O) groups excluding carboxylic acids is 2. The van der Waals surface area contributed by atoms with Crippen LogP contribution < -0.4 is 0 Å². The summed E-state index contributed by atoms with van der Waals surface area (Å²) in [5.41, 5.74) is 0.508. The Morgan fingerprint density at radius 1 is 0.889 bits per heavy atom. The zero-order valence-electron chi connectivity index (χ0n) is 11.2. The number of carbonyl (C=O) groups is 2. The maximum atomic E-state index is 11.8. The molecule has 0 aliphatic carbocycles. The molecule has 0 unspecified atom stereocenters. The summed E-state index contributed by atoms with van der Waals surface area (Å²) in [4.78, 5) is 23.4. The summed E-state index contributed by atoms with van der Waals surface area (Å²) in [6, 6.07) is 8.80. The molecule has 0 amide bonds. The number of Topliss-reactive ketones (excluding diaryl/α,β-unsaturated/α-hetero) is 2. The number of benzene rings is 1. The van der Waals surface area contributed by atoms with Crippen molar-refractivity contribution in [1.29, 1.82) is 0 Å². The van der Waals surface area contributed by atoms with Gasteiger partial charge in [0.15, 0.2) is 0 Å². The number of ketones is 2. The highest BCUT2D eigenvalue weighted by atomic mass is 16.2. The number of rotatable bonds is 9. The molecule has 0 aliphatic rings. The largest absolute Gasteiger partial charge is 0.290 e. The molecule has 0 aromatic heterocycles. The summed E-state index contributed by atoms with van der Waals surface area (Å²) in [5.74, 6) is -0.596. The molecule has 0 saturated carbocycles. The van der Waals surface area contributed by atoms with Gasteiger partial charge in [0.05, 0.1) is 0 Å². The third-order valence-electron chi connectivity index (χ3n) is 3.05. The Labute approximate surface area is 109 Å². The van der Waals surface area contributed by atoms with E-state index in [4.69, 9.17) is 0 Å². The molecule has 1 aromatic rings. The van der Waals surface area contributed by atoms with Gasteiger partial charge in [-0.3, -0.25) is 9.59 Å². The molecule has 0 fully saturated rings. The third-order valence-corrected chi connectivity index (χ3v) is 3.05. The van der Waals surface area contributed by atoms with E-state index in [9.17, 15) is 9.59 Å². The topological polar surface area (TPSA) is 34.1 Å². The van der Waals surface area contributed by atoms with E-state index in [0.717, 1.165) is 12.8 Å². The first-order valence-corrected chi connectivity index (χ1v) is 6.88. The summed E-state index contributed by atoms with van der Waals surface area (Å²) >= 11 is 0. The summed E-state index contributed by atoms with van der Waals surface area (Å²) < 4.78 is 0. The van der Waals surface area contributed by atoms with E-state index in [2.05, 4.69) is 6.92 Å². The average molecular weight is 246 g/mol. The molecule has 0 bridgehead atoms. The van der Waals surface area contributed by atoms with Gasteiger partial charge in [0.1, 0.15) is 0 Å². The standard InChI is InChI=1S/C16H22O2/c1-2-3-4-5-6-10-13-15(17)16(18)14-11-8-7-9-12-14/h7-9,11-12H,2-6,10,13H2,1H3. The molecule has 2 heteroatoms. The lowest BCUT2D eigenvalue weighted by molar-refractivity contribution is -0.115. The third kappa shape index (κ3) is 5.26. The number of hydrogen-bond donors (Lipinski definition) is 0. The van der Waals surface area contributed by atoms with Gasteiger partial charge in [0, 0.05) is 12.0 Å². The van der Waals surface area contributed by atoms with Gasteiger partial charge < -0.3 is 0 Å². The molecule has 0 N–H and O–H groups in total. The van der Waals surface area contributed by atoms with Crippen molar-refractivity contribution in [1.82, 2.24) is 0 Å². The van der Waals surface area contributed by atoms with Crippen molar-refractivity contribution < 1.29 is 9.59 Å². The van der Waals surface area contributed by atoms with Crippen LogP contribution in [0.1, 0.15) is 62.2 Å². The molecule has 98 valence electrons. The van der Waals surface area contributed by atoms with Gasteiger partial charge in [0.2, 0.25) is 11.6 Å². The van der Waals surface area contributed by atoms with Crippen LogP contribution in [0.3, 0.4) is 0 Å². The molecule has 0 spiro atoms. The van der Waals surface area contributed by atoms with Crippen LogP contribution in [0.15, 0.2) is 30.3 Å². The Balaban J connectivity index is 2.23. The lowest BCUT2D eigenvalue weighted by Crippen LogP contribution is -2.13. The van der Waals surface area contributed by atoms with E-state index in [1.807, 2.05) is 6.07 Å². The Hall–Kier alpha value is -1.44. The Morgan fingerprint density at radius 2 is 1.50 bits per heavy atom. The fourth-order valence-electron chi connectivity index (χ4n) is 1.93. The zero-order valence-corrected chi connectivity index (χ0v) is 11.2. The predicted octanol–water partition coefficient (Wildman–Crippen LogP) is 4.19. The van der Waals surface area contributed by atoms with E-state index in [1.54, 1.807) is 24.3 Å². The van der Waals surface area contributed by atoms with Crippen LogP contribution in [0.25, 0.3) is 0 Å². The van der Waals surface area contributed by atoms with E-state index in [1.165, 1.54) is 25.7 Å². The Bertz CT molecular complexity index is 368. The van der Waals surface area contributed by atoms with Crippen LogP contribution in [0.4, 0.5) is 0 Å². The van der Waals surface area contributed by atoms with Crippen molar-refractivity contribution in [3.8, 4) is 0 Å². The first-order chi connectivity index (χ1) is 8.75. The molecule has 2 nitrogen and oxygen atoms in total. The summed E-state index contributed by atoms with van der Waals surface area (Å²) in [5, 5.41) is 0. The molecule has 18 heavy (non-hydrogen) atoms. The van der Waals surface area contributed by atoms with Crippen molar-refractivity contribution >= 4 is 11.6 Å². The van der Waals surface area contributed by atoms with Crippen LogP contribution in [0.5, 0.6) is 0 Å². The maximum absolute atomic E-state index is 11.8. The highest BCUT2D eigenvalue weighted by Gasteiger charge is 2.14. The maximum Gasteiger partial charge on any atom is 0.228 e. The number of unbranched alkanes of at least 4 members (excludes halogenated alkanes) is 5. The molecular formula is C16H22O2. The summed E-state index contributed by atoms with van der Waals surface area (Å²) in [7, 11) is 0. The molecule has 0 aliphatic heterocycles. The first kappa shape index (κ1) is 14.6. The zero-order chi connectivity index (χ0) is 13.2. The van der Waals surface area contributed by atoms with Gasteiger partial charge in [-0.2, -0.15) is 0 Å². The lowest BCUT2D eigenvalue weighted by atomic mass is 10.0. The van der Waals surface area contributed by atoms with Crippen molar-refractivity contribution in [2.75, 3.05) is 0 Å². The molecule has 0 heterocycles. The summed E-state index contributed by atoms with van der Waals surface area (Å²) in [6.45, 7) is 2.18. The van der Waals surface area contributed by atoms with Gasteiger partial charge in [-0.15, -0.1) is 0 Å². The van der Waals surface area contributed by atoms with Gasteiger partial charge >= 0.3 is 0 Å². The normalized spacial score (nSPS) is 10.3. The van der Waals surface area contributed by atoms with Gasteiger partial charge in [0.25, 0.3) is 0 Å². The lowest BCUT2D eigenvalue weighted by Gasteiger charge is -2.01. The fraction of sp³-hybridized carbons (Fsp3) is 0.500. The predicted molar refractivity (Wildman–Crippen MR) is 73.8 cm³/mol. The second-order valence-electron chi connectivity index (χ2n) is 4.64. The molecule has 1 aromatic carbocycles. The smallest absolute Gasteiger partial charge is 0.228 e. The SMILES string of the molecule is CCCCCCCCC(=O)C(=O)c1ccccc1. The summed E-state index contributed by atoms with van der Waals surface area (Å²) in [6.07, 6.45) is 7.16. The fourth-order valence-corrected chi connectivity index (χ4v) is 1.93. The van der Waals surface area contributed by atoms with Gasteiger partial charge in [-0.25, -0.2) is 0 Å². The first-order valence-electron chi connectivity index (χ1n) is 6.88.